The monoisotopic (exact) mass is 342 g/mol. The number of benzene rings is 1. The molecule has 2 amide bonds. The third-order valence-electron chi connectivity index (χ3n) is 3.79. The number of carbonyl (C=O) groups is 2. The minimum atomic E-state index is -0.0445. The highest BCUT2D eigenvalue weighted by Gasteiger charge is 2.24. The van der Waals surface area contributed by atoms with Crippen molar-refractivity contribution in [2.75, 3.05) is 13.1 Å². The summed E-state index contributed by atoms with van der Waals surface area (Å²) in [4.78, 5) is 25.8. The zero-order chi connectivity index (χ0) is 16.1. The number of piperidine rings is 1. The summed E-state index contributed by atoms with van der Waals surface area (Å²) in [5.41, 5.74) is 0.544. The Balaban J connectivity index is 1.89. The molecular weight excluding hydrogens is 323 g/mol. The Labute approximate surface area is 140 Å². The molecule has 1 saturated heterocycles. The zero-order valence-electron chi connectivity index (χ0n) is 12.6. The highest BCUT2D eigenvalue weighted by molar-refractivity contribution is 6.42. The number of nitrogens with zero attached hydrogens (tertiary/aromatic N) is 1. The molecule has 1 aliphatic rings. The van der Waals surface area contributed by atoms with E-state index in [1.165, 1.54) is 0 Å². The lowest BCUT2D eigenvalue weighted by atomic mass is 10.0. The first kappa shape index (κ1) is 17.1. The van der Waals surface area contributed by atoms with Crippen LogP contribution in [0.3, 0.4) is 0 Å². The van der Waals surface area contributed by atoms with E-state index in [2.05, 4.69) is 5.32 Å². The van der Waals surface area contributed by atoms with E-state index in [0.717, 1.165) is 19.3 Å². The summed E-state index contributed by atoms with van der Waals surface area (Å²) in [5, 5.41) is 3.84. The van der Waals surface area contributed by atoms with Gasteiger partial charge in [0, 0.05) is 31.1 Å². The van der Waals surface area contributed by atoms with Gasteiger partial charge in [0.1, 0.15) is 0 Å². The molecule has 0 bridgehead atoms. The summed E-state index contributed by atoms with van der Waals surface area (Å²) in [7, 11) is 0. The largest absolute Gasteiger partial charge is 0.353 e. The van der Waals surface area contributed by atoms with Crippen LogP contribution in [0, 0.1) is 0 Å². The van der Waals surface area contributed by atoms with Crippen LogP contribution in [0.2, 0.25) is 10.0 Å². The summed E-state index contributed by atoms with van der Waals surface area (Å²) in [6, 6.07) is 5.08. The van der Waals surface area contributed by atoms with E-state index in [9.17, 15) is 9.59 Å². The zero-order valence-corrected chi connectivity index (χ0v) is 14.1. The number of hydrogen-bond acceptors (Lipinski definition) is 2. The fraction of sp³-hybridized carbons (Fsp3) is 0.500. The molecule has 4 nitrogen and oxygen atoms in total. The van der Waals surface area contributed by atoms with Crippen LogP contribution in [0.25, 0.3) is 0 Å². The Bertz CT molecular complexity index is 555. The molecule has 0 radical (unpaired) electrons. The standard InChI is InChI=1S/C16H20Cl2N2O2/c1-2-3-15(21)19-12-6-8-20(9-7-12)16(22)11-4-5-13(17)14(18)10-11/h4-5,10,12H,2-3,6-9H2,1H3,(H,19,21). The molecule has 1 N–H and O–H groups in total. The normalized spacial score (nSPS) is 15.7. The summed E-state index contributed by atoms with van der Waals surface area (Å²) in [6.45, 7) is 3.25. The number of halogens is 2. The summed E-state index contributed by atoms with van der Waals surface area (Å²) in [6.07, 6.45) is 2.97. The molecule has 0 spiro atoms. The summed E-state index contributed by atoms with van der Waals surface area (Å²) < 4.78 is 0. The van der Waals surface area contributed by atoms with Crippen molar-refractivity contribution in [2.45, 2.75) is 38.6 Å². The Morgan fingerprint density at radius 1 is 1.23 bits per heavy atom. The summed E-state index contributed by atoms with van der Waals surface area (Å²) in [5.74, 6) is 0.0497. The van der Waals surface area contributed by atoms with Gasteiger partial charge in [-0.05, 0) is 37.5 Å². The maximum absolute atomic E-state index is 12.4. The van der Waals surface area contributed by atoms with Gasteiger partial charge in [-0.3, -0.25) is 9.59 Å². The molecule has 1 aromatic carbocycles. The molecule has 0 unspecified atom stereocenters. The van der Waals surface area contributed by atoms with Crippen molar-refractivity contribution >= 4 is 35.0 Å². The average molecular weight is 343 g/mol. The number of hydrogen-bond donors (Lipinski definition) is 1. The fourth-order valence-electron chi connectivity index (χ4n) is 2.57. The minimum Gasteiger partial charge on any atom is -0.353 e. The van der Waals surface area contributed by atoms with E-state index in [1.54, 1.807) is 23.1 Å². The molecule has 0 aromatic heterocycles. The van der Waals surface area contributed by atoms with E-state index in [4.69, 9.17) is 23.2 Å². The SMILES string of the molecule is CCCC(=O)NC1CCN(C(=O)c2ccc(Cl)c(Cl)c2)CC1. The van der Waals surface area contributed by atoms with Crippen LogP contribution in [0.1, 0.15) is 43.0 Å². The van der Waals surface area contributed by atoms with Crippen molar-refractivity contribution in [1.82, 2.24) is 10.2 Å². The quantitative estimate of drug-likeness (QED) is 0.909. The van der Waals surface area contributed by atoms with E-state index in [1.807, 2.05) is 6.92 Å². The minimum absolute atomic E-state index is 0.0445. The molecule has 1 aromatic rings. The molecule has 6 heteroatoms. The van der Waals surface area contributed by atoms with Crippen molar-refractivity contribution in [3.63, 3.8) is 0 Å². The third kappa shape index (κ3) is 4.37. The first-order valence-electron chi connectivity index (χ1n) is 7.55. The van der Waals surface area contributed by atoms with E-state index < -0.39 is 0 Å². The lowest BCUT2D eigenvalue weighted by Gasteiger charge is -2.32. The lowest BCUT2D eigenvalue weighted by Crippen LogP contribution is -2.46. The first-order valence-corrected chi connectivity index (χ1v) is 8.30. The molecule has 22 heavy (non-hydrogen) atoms. The van der Waals surface area contributed by atoms with Crippen molar-refractivity contribution < 1.29 is 9.59 Å². The van der Waals surface area contributed by atoms with Gasteiger partial charge >= 0.3 is 0 Å². The van der Waals surface area contributed by atoms with Gasteiger partial charge in [-0.1, -0.05) is 30.1 Å². The molecule has 1 fully saturated rings. The van der Waals surface area contributed by atoms with Gasteiger partial charge < -0.3 is 10.2 Å². The Morgan fingerprint density at radius 3 is 2.50 bits per heavy atom. The number of likely N-dealkylation sites (tertiary alicyclic amines) is 1. The average Bonchev–Trinajstić information content (AvgIpc) is 2.50. The second kappa shape index (κ2) is 7.84. The molecule has 1 aliphatic heterocycles. The molecular formula is C16H20Cl2N2O2. The summed E-state index contributed by atoms with van der Waals surface area (Å²) >= 11 is 11.8. The predicted octanol–water partition coefficient (Wildman–Crippen LogP) is 3.51. The van der Waals surface area contributed by atoms with E-state index in [-0.39, 0.29) is 17.9 Å². The second-order valence-corrected chi connectivity index (χ2v) is 6.33. The van der Waals surface area contributed by atoms with Gasteiger partial charge in [0.2, 0.25) is 5.91 Å². The van der Waals surface area contributed by atoms with Crippen LogP contribution >= 0.6 is 23.2 Å². The fourth-order valence-corrected chi connectivity index (χ4v) is 2.86. The van der Waals surface area contributed by atoms with Gasteiger partial charge in [-0.2, -0.15) is 0 Å². The number of amides is 2. The van der Waals surface area contributed by atoms with Crippen LogP contribution in [-0.2, 0) is 4.79 Å². The van der Waals surface area contributed by atoms with Gasteiger partial charge in [0.05, 0.1) is 10.0 Å². The van der Waals surface area contributed by atoms with Crippen LogP contribution in [0.5, 0.6) is 0 Å². The predicted molar refractivity (Wildman–Crippen MR) is 88.4 cm³/mol. The van der Waals surface area contributed by atoms with Crippen molar-refractivity contribution in [2.24, 2.45) is 0 Å². The van der Waals surface area contributed by atoms with Crippen LogP contribution < -0.4 is 5.32 Å². The maximum atomic E-state index is 12.4. The Hall–Kier alpha value is -1.26. The third-order valence-corrected chi connectivity index (χ3v) is 4.53. The maximum Gasteiger partial charge on any atom is 0.253 e. The molecule has 1 heterocycles. The Kier molecular flexibility index (Phi) is 6.09. The van der Waals surface area contributed by atoms with Gasteiger partial charge in [0.25, 0.3) is 5.91 Å². The van der Waals surface area contributed by atoms with Crippen LogP contribution in [-0.4, -0.2) is 35.8 Å². The molecule has 2 rings (SSSR count). The molecule has 120 valence electrons. The Morgan fingerprint density at radius 2 is 1.91 bits per heavy atom. The molecule has 0 aliphatic carbocycles. The highest BCUT2D eigenvalue weighted by Crippen LogP contribution is 2.24. The van der Waals surface area contributed by atoms with Gasteiger partial charge in [-0.25, -0.2) is 0 Å². The molecule has 0 saturated carbocycles. The second-order valence-electron chi connectivity index (χ2n) is 5.51. The van der Waals surface area contributed by atoms with Crippen molar-refractivity contribution in [3.05, 3.63) is 33.8 Å². The number of rotatable bonds is 4. The highest BCUT2D eigenvalue weighted by atomic mass is 35.5. The topological polar surface area (TPSA) is 49.4 Å². The van der Waals surface area contributed by atoms with Gasteiger partial charge in [0.15, 0.2) is 0 Å². The van der Waals surface area contributed by atoms with Crippen molar-refractivity contribution in [3.8, 4) is 0 Å². The number of carbonyl (C=O) groups excluding carboxylic acids is 2. The lowest BCUT2D eigenvalue weighted by molar-refractivity contribution is -0.122. The molecule has 0 atom stereocenters. The first-order chi connectivity index (χ1) is 10.5. The van der Waals surface area contributed by atoms with Crippen LogP contribution in [0.15, 0.2) is 18.2 Å². The van der Waals surface area contributed by atoms with Crippen LogP contribution in [0.4, 0.5) is 0 Å². The van der Waals surface area contributed by atoms with Crippen molar-refractivity contribution in [1.29, 1.82) is 0 Å². The smallest absolute Gasteiger partial charge is 0.253 e. The number of nitrogens with one attached hydrogen (secondary N) is 1. The van der Waals surface area contributed by atoms with Gasteiger partial charge in [-0.15, -0.1) is 0 Å². The van der Waals surface area contributed by atoms with E-state index >= 15 is 0 Å². The van der Waals surface area contributed by atoms with E-state index in [0.29, 0.717) is 35.1 Å².